The van der Waals surface area contributed by atoms with Crippen LogP contribution in [0.2, 0.25) is 0 Å². The topological polar surface area (TPSA) is 30.5 Å². The van der Waals surface area contributed by atoms with Crippen LogP contribution in [0.3, 0.4) is 0 Å². The summed E-state index contributed by atoms with van der Waals surface area (Å²) >= 11 is 0. The maximum Gasteiger partial charge on any atom is 0.119 e. The molecule has 1 unspecified atom stereocenters. The van der Waals surface area contributed by atoms with Gasteiger partial charge in [0.25, 0.3) is 0 Å². The van der Waals surface area contributed by atoms with E-state index in [9.17, 15) is 0 Å². The lowest BCUT2D eigenvalue weighted by Gasteiger charge is -2.29. The second kappa shape index (κ2) is 8.40. The molecule has 0 bridgehead atoms. The number of hydrogen-bond acceptors (Lipinski definition) is 3. The third kappa shape index (κ3) is 5.33. The lowest BCUT2D eigenvalue weighted by molar-refractivity contribution is -0.0313. The Morgan fingerprint density at radius 3 is 2.62 bits per heavy atom. The minimum atomic E-state index is 0.102. The fraction of sp³-hybridized carbons (Fsp3) is 0.667. The highest BCUT2D eigenvalue weighted by Gasteiger charge is 2.21. The molecule has 0 heterocycles. The van der Waals surface area contributed by atoms with Crippen LogP contribution in [0.4, 0.5) is 0 Å². The first-order valence-corrected chi connectivity index (χ1v) is 8.22. The van der Waals surface area contributed by atoms with Crippen LogP contribution >= 0.6 is 0 Å². The third-order valence-electron chi connectivity index (χ3n) is 4.09. The molecule has 0 aromatic heterocycles. The normalized spacial score (nSPS) is 17.9. The van der Waals surface area contributed by atoms with E-state index in [1.807, 2.05) is 12.1 Å². The molecule has 1 saturated carbocycles. The number of rotatable bonds is 7. The Hall–Kier alpha value is -1.06. The standard InChI is InChI=1S/C18H29NO2/c1-14(2)19-13-18(21-16-9-5-4-6-10-16)15-8-7-11-17(12-15)20-3/h7-8,11-12,14,16,18-19H,4-6,9-10,13H2,1-3H3. The molecule has 1 aliphatic carbocycles. The number of ether oxygens (including phenoxy) is 2. The molecule has 1 N–H and O–H groups in total. The van der Waals surface area contributed by atoms with Crippen LogP contribution in [0.15, 0.2) is 24.3 Å². The minimum absolute atomic E-state index is 0.102. The van der Waals surface area contributed by atoms with Gasteiger partial charge < -0.3 is 14.8 Å². The van der Waals surface area contributed by atoms with Crippen molar-refractivity contribution >= 4 is 0 Å². The molecule has 3 nitrogen and oxygen atoms in total. The molecular formula is C18H29NO2. The number of nitrogens with one attached hydrogen (secondary N) is 1. The molecule has 0 amide bonds. The number of hydrogen-bond donors (Lipinski definition) is 1. The Kier molecular flexibility index (Phi) is 6.52. The van der Waals surface area contributed by atoms with Crippen molar-refractivity contribution in [1.82, 2.24) is 5.32 Å². The van der Waals surface area contributed by atoms with Gasteiger partial charge in [0.15, 0.2) is 0 Å². The fourth-order valence-electron chi connectivity index (χ4n) is 2.86. The molecule has 1 atom stereocenters. The Labute approximate surface area is 129 Å². The van der Waals surface area contributed by atoms with Gasteiger partial charge in [0.05, 0.1) is 19.3 Å². The largest absolute Gasteiger partial charge is 0.497 e. The lowest BCUT2D eigenvalue weighted by Crippen LogP contribution is -2.31. The van der Waals surface area contributed by atoms with Gasteiger partial charge in [-0.25, -0.2) is 0 Å². The summed E-state index contributed by atoms with van der Waals surface area (Å²) in [6.45, 7) is 5.19. The van der Waals surface area contributed by atoms with Crippen LogP contribution in [0, 0.1) is 0 Å². The van der Waals surface area contributed by atoms with Crippen LogP contribution in [-0.4, -0.2) is 25.8 Å². The molecule has 1 aromatic rings. The third-order valence-corrected chi connectivity index (χ3v) is 4.09. The van der Waals surface area contributed by atoms with Gasteiger partial charge >= 0.3 is 0 Å². The van der Waals surface area contributed by atoms with E-state index < -0.39 is 0 Å². The maximum absolute atomic E-state index is 6.41. The van der Waals surface area contributed by atoms with Gasteiger partial charge in [0, 0.05) is 12.6 Å². The first-order chi connectivity index (χ1) is 10.2. The summed E-state index contributed by atoms with van der Waals surface area (Å²) in [5.74, 6) is 0.897. The van der Waals surface area contributed by atoms with E-state index in [-0.39, 0.29) is 6.10 Å². The van der Waals surface area contributed by atoms with E-state index in [4.69, 9.17) is 9.47 Å². The minimum Gasteiger partial charge on any atom is -0.497 e. The van der Waals surface area contributed by atoms with Crippen LogP contribution < -0.4 is 10.1 Å². The Balaban J connectivity index is 2.05. The molecule has 0 spiro atoms. The second-order valence-electron chi connectivity index (χ2n) is 6.22. The summed E-state index contributed by atoms with van der Waals surface area (Å²) in [7, 11) is 1.71. The summed E-state index contributed by atoms with van der Waals surface area (Å²) in [5.41, 5.74) is 1.20. The van der Waals surface area contributed by atoms with Crippen molar-refractivity contribution in [3.05, 3.63) is 29.8 Å². The molecule has 1 aromatic carbocycles. The van der Waals surface area contributed by atoms with Crippen LogP contribution in [0.25, 0.3) is 0 Å². The van der Waals surface area contributed by atoms with Gasteiger partial charge in [0.2, 0.25) is 0 Å². The molecule has 21 heavy (non-hydrogen) atoms. The zero-order valence-electron chi connectivity index (χ0n) is 13.6. The average Bonchev–Trinajstić information content (AvgIpc) is 2.52. The lowest BCUT2D eigenvalue weighted by atomic mass is 9.97. The van der Waals surface area contributed by atoms with E-state index in [2.05, 4.69) is 31.3 Å². The van der Waals surface area contributed by atoms with Gasteiger partial charge in [-0.3, -0.25) is 0 Å². The first kappa shape index (κ1) is 16.3. The van der Waals surface area contributed by atoms with Crippen LogP contribution in [0.1, 0.15) is 57.6 Å². The zero-order valence-corrected chi connectivity index (χ0v) is 13.6. The molecule has 1 fully saturated rings. The summed E-state index contributed by atoms with van der Waals surface area (Å²) in [6, 6.07) is 8.72. The van der Waals surface area contributed by atoms with E-state index in [0.717, 1.165) is 12.3 Å². The molecule has 118 valence electrons. The van der Waals surface area contributed by atoms with E-state index >= 15 is 0 Å². The van der Waals surface area contributed by atoms with Crippen LogP contribution in [-0.2, 0) is 4.74 Å². The fourth-order valence-corrected chi connectivity index (χ4v) is 2.86. The Morgan fingerprint density at radius 1 is 1.19 bits per heavy atom. The highest BCUT2D eigenvalue weighted by atomic mass is 16.5. The van der Waals surface area contributed by atoms with Gasteiger partial charge in [0.1, 0.15) is 5.75 Å². The highest BCUT2D eigenvalue weighted by molar-refractivity contribution is 5.30. The first-order valence-electron chi connectivity index (χ1n) is 8.22. The Morgan fingerprint density at radius 2 is 1.95 bits per heavy atom. The highest BCUT2D eigenvalue weighted by Crippen LogP contribution is 2.28. The predicted molar refractivity (Wildman–Crippen MR) is 86.8 cm³/mol. The summed E-state index contributed by atoms with van der Waals surface area (Å²) in [4.78, 5) is 0. The van der Waals surface area contributed by atoms with E-state index in [0.29, 0.717) is 12.1 Å². The van der Waals surface area contributed by atoms with E-state index in [1.54, 1.807) is 7.11 Å². The second-order valence-corrected chi connectivity index (χ2v) is 6.22. The molecule has 2 rings (SSSR count). The molecule has 0 saturated heterocycles. The van der Waals surface area contributed by atoms with Crippen LogP contribution in [0.5, 0.6) is 5.75 Å². The maximum atomic E-state index is 6.41. The smallest absolute Gasteiger partial charge is 0.119 e. The SMILES string of the molecule is COc1cccc(C(CNC(C)C)OC2CCCCC2)c1. The average molecular weight is 291 g/mol. The summed E-state index contributed by atoms with van der Waals surface area (Å²) < 4.78 is 11.8. The number of methoxy groups -OCH3 is 1. The Bertz CT molecular complexity index is 413. The quantitative estimate of drug-likeness (QED) is 0.821. The molecule has 0 aliphatic heterocycles. The summed E-state index contributed by atoms with van der Waals surface area (Å²) in [5, 5.41) is 3.51. The van der Waals surface area contributed by atoms with E-state index in [1.165, 1.54) is 37.7 Å². The van der Waals surface area contributed by atoms with Gasteiger partial charge in [-0.2, -0.15) is 0 Å². The zero-order chi connectivity index (χ0) is 15.1. The molecule has 1 aliphatic rings. The van der Waals surface area contributed by atoms with Crippen molar-refractivity contribution in [1.29, 1.82) is 0 Å². The monoisotopic (exact) mass is 291 g/mol. The van der Waals surface area contributed by atoms with Gasteiger partial charge in [-0.1, -0.05) is 45.2 Å². The van der Waals surface area contributed by atoms with Crippen molar-refractivity contribution < 1.29 is 9.47 Å². The van der Waals surface area contributed by atoms with Crippen molar-refractivity contribution in [2.45, 2.75) is 64.2 Å². The number of benzene rings is 1. The van der Waals surface area contributed by atoms with Gasteiger partial charge in [-0.15, -0.1) is 0 Å². The molecule has 0 radical (unpaired) electrons. The molecular weight excluding hydrogens is 262 g/mol. The predicted octanol–water partition coefficient (Wildman–Crippen LogP) is 4.08. The van der Waals surface area contributed by atoms with Crippen molar-refractivity contribution in [3.8, 4) is 5.75 Å². The van der Waals surface area contributed by atoms with Crippen molar-refractivity contribution in [2.75, 3.05) is 13.7 Å². The van der Waals surface area contributed by atoms with Gasteiger partial charge in [-0.05, 0) is 30.5 Å². The summed E-state index contributed by atoms with van der Waals surface area (Å²) in [6.07, 6.45) is 6.85. The molecule has 3 heteroatoms. The van der Waals surface area contributed by atoms with Crippen molar-refractivity contribution in [3.63, 3.8) is 0 Å². The van der Waals surface area contributed by atoms with Crippen molar-refractivity contribution in [2.24, 2.45) is 0 Å².